The molecule has 1 aromatic carbocycles. The van der Waals surface area contributed by atoms with Gasteiger partial charge in [-0.2, -0.15) is 0 Å². The number of nitrogens with zero attached hydrogens (tertiary/aromatic N) is 1. The minimum absolute atomic E-state index is 0.213. The third kappa shape index (κ3) is 6.23. The molecule has 0 bridgehead atoms. The maximum atomic E-state index is 13.5. The summed E-state index contributed by atoms with van der Waals surface area (Å²) in [5.41, 5.74) is 1.44. The van der Waals surface area contributed by atoms with Crippen molar-refractivity contribution in [1.29, 1.82) is 0 Å². The lowest BCUT2D eigenvalue weighted by Gasteiger charge is -2.02. The molecule has 0 saturated carbocycles. The van der Waals surface area contributed by atoms with Crippen molar-refractivity contribution in [3.05, 3.63) is 56.2 Å². The summed E-state index contributed by atoms with van der Waals surface area (Å²) in [6.45, 7) is 2.59. The van der Waals surface area contributed by atoms with Gasteiger partial charge in [0.05, 0.1) is 5.01 Å². The summed E-state index contributed by atoms with van der Waals surface area (Å²) in [6.07, 6.45) is 5.65. The molecule has 0 radical (unpaired) electrons. The molecule has 0 aliphatic heterocycles. The van der Waals surface area contributed by atoms with Crippen LogP contribution in [0.4, 0.5) is 4.39 Å². The molecule has 2 aromatic rings. The van der Waals surface area contributed by atoms with E-state index in [1.165, 1.54) is 18.2 Å². The Morgan fingerprint density at radius 1 is 1.43 bits per heavy atom. The lowest BCUT2D eigenvalue weighted by molar-refractivity contribution is -0.116. The zero-order valence-electron chi connectivity index (χ0n) is 12.8. The van der Waals surface area contributed by atoms with Crippen LogP contribution in [0.3, 0.4) is 0 Å². The smallest absolute Gasteiger partial charge is 0.244 e. The SMILES string of the molecule is Cc1csc(CCCCNC(=O)/C=C/c2cc(Br)ccc2F)n1. The molecule has 0 aliphatic rings. The van der Waals surface area contributed by atoms with Crippen molar-refractivity contribution < 1.29 is 9.18 Å². The lowest BCUT2D eigenvalue weighted by atomic mass is 10.2. The van der Waals surface area contributed by atoms with Gasteiger partial charge in [-0.25, -0.2) is 9.37 Å². The first-order chi connectivity index (χ1) is 11.0. The van der Waals surface area contributed by atoms with E-state index in [4.69, 9.17) is 0 Å². The highest BCUT2D eigenvalue weighted by molar-refractivity contribution is 9.10. The molecule has 0 aliphatic carbocycles. The maximum Gasteiger partial charge on any atom is 0.244 e. The molecule has 0 atom stereocenters. The number of halogens is 2. The molecule has 122 valence electrons. The minimum atomic E-state index is -0.351. The number of carbonyl (C=O) groups excluding carboxylic acids is 1. The number of rotatable bonds is 7. The molecule has 2 rings (SSSR count). The Morgan fingerprint density at radius 3 is 3.00 bits per heavy atom. The number of aryl methyl sites for hydroxylation is 2. The van der Waals surface area contributed by atoms with E-state index in [0.717, 1.165) is 34.4 Å². The number of unbranched alkanes of at least 4 members (excludes halogenated alkanes) is 1. The predicted molar refractivity (Wildman–Crippen MR) is 95.9 cm³/mol. The molecule has 1 N–H and O–H groups in total. The van der Waals surface area contributed by atoms with E-state index in [1.807, 2.05) is 12.3 Å². The molecule has 6 heteroatoms. The number of nitrogens with one attached hydrogen (secondary N) is 1. The Bertz CT molecular complexity index is 700. The first-order valence-corrected chi connectivity index (χ1v) is 9.04. The van der Waals surface area contributed by atoms with Gasteiger partial charge in [0.1, 0.15) is 5.82 Å². The first kappa shape index (κ1) is 17.8. The van der Waals surface area contributed by atoms with Gasteiger partial charge in [0, 0.05) is 33.7 Å². The third-order valence-corrected chi connectivity index (χ3v) is 4.68. The standard InChI is InChI=1S/C17H18BrFN2OS/c1-12-11-23-17(21-12)4-2-3-9-20-16(22)8-5-13-10-14(18)6-7-15(13)19/h5-8,10-11H,2-4,9H2,1H3,(H,20,22)/b8-5+. The Labute approximate surface area is 147 Å². The van der Waals surface area contributed by atoms with Gasteiger partial charge in [-0.3, -0.25) is 4.79 Å². The molecule has 3 nitrogen and oxygen atoms in total. The van der Waals surface area contributed by atoms with Crippen LogP contribution in [-0.4, -0.2) is 17.4 Å². The summed E-state index contributed by atoms with van der Waals surface area (Å²) < 4.78 is 14.3. The molecule has 1 aromatic heterocycles. The van der Waals surface area contributed by atoms with Crippen LogP contribution in [0.2, 0.25) is 0 Å². The number of aromatic nitrogens is 1. The van der Waals surface area contributed by atoms with Gasteiger partial charge in [-0.1, -0.05) is 15.9 Å². The second-order valence-electron chi connectivity index (χ2n) is 5.13. The van der Waals surface area contributed by atoms with Crippen LogP contribution in [0.25, 0.3) is 6.08 Å². The van der Waals surface area contributed by atoms with E-state index >= 15 is 0 Å². The van der Waals surface area contributed by atoms with E-state index in [-0.39, 0.29) is 11.7 Å². The molecular weight excluding hydrogens is 379 g/mol. The van der Waals surface area contributed by atoms with Crippen molar-refractivity contribution in [3.63, 3.8) is 0 Å². The number of hydrogen-bond donors (Lipinski definition) is 1. The topological polar surface area (TPSA) is 42.0 Å². The zero-order chi connectivity index (χ0) is 16.7. The van der Waals surface area contributed by atoms with E-state index in [2.05, 4.69) is 26.2 Å². The van der Waals surface area contributed by atoms with Gasteiger partial charge in [-0.15, -0.1) is 11.3 Å². The van der Waals surface area contributed by atoms with Crippen LogP contribution in [0.1, 0.15) is 29.1 Å². The molecule has 0 spiro atoms. The summed E-state index contributed by atoms with van der Waals surface area (Å²) in [7, 11) is 0. The Hall–Kier alpha value is -1.53. The summed E-state index contributed by atoms with van der Waals surface area (Å²) in [4.78, 5) is 16.1. The average Bonchev–Trinajstić information content (AvgIpc) is 2.93. The van der Waals surface area contributed by atoms with Crippen LogP contribution in [0.15, 0.2) is 34.1 Å². The number of hydrogen-bond acceptors (Lipinski definition) is 3. The highest BCUT2D eigenvalue weighted by Crippen LogP contribution is 2.16. The largest absolute Gasteiger partial charge is 0.353 e. The summed E-state index contributed by atoms with van der Waals surface area (Å²) >= 11 is 4.95. The maximum absolute atomic E-state index is 13.5. The van der Waals surface area contributed by atoms with Crippen LogP contribution in [-0.2, 0) is 11.2 Å². The van der Waals surface area contributed by atoms with E-state index < -0.39 is 0 Å². The van der Waals surface area contributed by atoms with Crippen LogP contribution in [0.5, 0.6) is 0 Å². The number of thiazole rings is 1. The highest BCUT2D eigenvalue weighted by Gasteiger charge is 2.01. The summed E-state index contributed by atoms with van der Waals surface area (Å²) in [5, 5.41) is 5.98. The molecule has 0 unspecified atom stereocenters. The Kier molecular flexibility index (Phi) is 6.92. The Balaban J connectivity index is 1.68. The second-order valence-corrected chi connectivity index (χ2v) is 6.99. The number of amides is 1. The van der Waals surface area contributed by atoms with Gasteiger partial charge in [0.2, 0.25) is 5.91 Å². The third-order valence-electron chi connectivity index (χ3n) is 3.16. The fourth-order valence-corrected chi connectivity index (χ4v) is 3.19. The van der Waals surface area contributed by atoms with E-state index in [0.29, 0.717) is 12.1 Å². The summed E-state index contributed by atoms with van der Waals surface area (Å²) in [6, 6.07) is 4.62. The van der Waals surface area contributed by atoms with Crippen molar-refractivity contribution in [2.45, 2.75) is 26.2 Å². The van der Waals surface area contributed by atoms with Crippen molar-refractivity contribution in [2.75, 3.05) is 6.54 Å². The second kappa shape index (κ2) is 8.93. The van der Waals surface area contributed by atoms with E-state index in [1.54, 1.807) is 23.5 Å². The monoisotopic (exact) mass is 396 g/mol. The zero-order valence-corrected chi connectivity index (χ0v) is 15.2. The average molecular weight is 397 g/mol. The van der Waals surface area contributed by atoms with Crippen molar-refractivity contribution in [1.82, 2.24) is 10.3 Å². The van der Waals surface area contributed by atoms with Gasteiger partial charge >= 0.3 is 0 Å². The minimum Gasteiger partial charge on any atom is -0.353 e. The molecular formula is C17H18BrFN2OS. The quantitative estimate of drug-likeness (QED) is 0.552. The van der Waals surface area contributed by atoms with Gasteiger partial charge in [0.15, 0.2) is 0 Å². The Morgan fingerprint density at radius 2 is 2.26 bits per heavy atom. The fourth-order valence-electron chi connectivity index (χ4n) is 2.00. The predicted octanol–water partition coefficient (Wildman–Crippen LogP) is 4.51. The molecule has 0 saturated heterocycles. The summed E-state index contributed by atoms with van der Waals surface area (Å²) in [5.74, 6) is -0.564. The normalized spacial score (nSPS) is 11.1. The van der Waals surface area contributed by atoms with Crippen molar-refractivity contribution >= 4 is 39.2 Å². The van der Waals surface area contributed by atoms with Crippen LogP contribution in [0, 0.1) is 12.7 Å². The van der Waals surface area contributed by atoms with Crippen molar-refractivity contribution in [3.8, 4) is 0 Å². The van der Waals surface area contributed by atoms with E-state index in [9.17, 15) is 9.18 Å². The van der Waals surface area contributed by atoms with Gasteiger partial charge in [-0.05, 0) is 50.5 Å². The van der Waals surface area contributed by atoms with Crippen LogP contribution >= 0.6 is 27.3 Å². The van der Waals surface area contributed by atoms with Gasteiger partial charge < -0.3 is 5.32 Å². The van der Waals surface area contributed by atoms with Crippen molar-refractivity contribution in [2.24, 2.45) is 0 Å². The number of carbonyl (C=O) groups is 1. The lowest BCUT2D eigenvalue weighted by Crippen LogP contribution is -2.22. The molecule has 1 amide bonds. The molecule has 0 fully saturated rings. The van der Waals surface area contributed by atoms with Crippen LogP contribution < -0.4 is 5.32 Å². The first-order valence-electron chi connectivity index (χ1n) is 7.36. The highest BCUT2D eigenvalue weighted by atomic mass is 79.9. The fraction of sp³-hybridized carbons (Fsp3) is 0.294. The molecule has 1 heterocycles. The number of benzene rings is 1. The van der Waals surface area contributed by atoms with Gasteiger partial charge in [0.25, 0.3) is 0 Å². The molecule has 23 heavy (non-hydrogen) atoms.